The van der Waals surface area contributed by atoms with Gasteiger partial charge in [-0.05, 0) is 38.2 Å². The number of likely N-dealkylation sites (N-methyl/N-ethyl adjacent to an activating group) is 1. The van der Waals surface area contributed by atoms with E-state index in [0.29, 0.717) is 5.69 Å². The standard InChI is InChI=1S/C16H19N3O2S/c1-4-18(5-2)11-13-14(20)17(3)16(22)19(15(13)21)12-9-7-6-8-10-12/h6-11H,4-5H2,1-3H3/b13-11+. The molecule has 6 heteroatoms. The molecular formula is C16H19N3O2S. The number of nitrogens with zero attached hydrogens (tertiary/aromatic N) is 3. The van der Waals surface area contributed by atoms with Gasteiger partial charge in [0.2, 0.25) is 0 Å². The Morgan fingerprint density at radius 3 is 2.23 bits per heavy atom. The molecule has 0 bridgehead atoms. The van der Waals surface area contributed by atoms with Gasteiger partial charge in [0.15, 0.2) is 5.11 Å². The molecule has 0 aliphatic carbocycles. The lowest BCUT2D eigenvalue weighted by Gasteiger charge is -2.35. The van der Waals surface area contributed by atoms with Crippen LogP contribution in [0, 0.1) is 0 Å². The largest absolute Gasteiger partial charge is 0.377 e. The van der Waals surface area contributed by atoms with Crippen molar-refractivity contribution in [2.24, 2.45) is 0 Å². The van der Waals surface area contributed by atoms with Crippen LogP contribution in [0.1, 0.15) is 13.8 Å². The number of para-hydroxylation sites is 1. The summed E-state index contributed by atoms with van der Waals surface area (Å²) in [5, 5.41) is 0.192. The Labute approximate surface area is 135 Å². The van der Waals surface area contributed by atoms with Crippen molar-refractivity contribution in [2.45, 2.75) is 13.8 Å². The summed E-state index contributed by atoms with van der Waals surface area (Å²) < 4.78 is 0. The van der Waals surface area contributed by atoms with Gasteiger partial charge in [0, 0.05) is 26.3 Å². The van der Waals surface area contributed by atoms with Crippen LogP contribution in [0.25, 0.3) is 0 Å². The van der Waals surface area contributed by atoms with Crippen molar-refractivity contribution < 1.29 is 9.59 Å². The van der Waals surface area contributed by atoms with E-state index in [9.17, 15) is 9.59 Å². The molecule has 5 nitrogen and oxygen atoms in total. The van der Waals surface area contributed by atoms with E-state index in [2.05, 4.69) is 0 Å². The Hall–Kier alpha value is -2.21. The molecule has 22 heavy (non-hydrogen) atoms. The van der Waals surface area contributed by atoms with Crippen LogP contribution in [0.4, 0.5) is 5.69 Å². The minimum Gasteiger partial charge on any atom is -0.377 e. The molecule has 1 aromatic carbocycles. The molecule has 2 rings (SSSR count). The van der Waals surface area contributed by atoms with Crippen molar-refractivity contribution >= 4 is 34.8 Å². The summed E-state index contributed by atoms with van der Waals surface area (Å²) in [6.07, 6.45) is 1.62. The van der Waals surface area contributed by atoms with Crippen molar-refractivity contribution in [3.8, 4) is 0 Å². The third-order valence-corrected chi connectivity index (χ3v) is 4.04. The Balaban J connectivity index is 2.47. The topological polar surface area (TPSA) is 43.9 Å². The minimum absolute atomic E-state index is 0.128. The fraction of sp³-hybridized carbons (Fsp3) is 0.312. The van der Waals surface area contributed by atoms with Crippen molar-refractivity contribution in [3.05, 3.63) is 42.1 Å². The molecule has 0 saturated carbocycles. The van der Waals surface area contributed by atoms with Gasteiger partial charge in [0.05, 0.1) is 5.69 Å². The third kappa shape index (κ3) is 2.87. The Morgan fingerprint density at radius 1 is 1.09 bits per heavy atom. The van der Waals surface area contributed by atoms with E-state index in [1.165, 1.54) is 9.80 Å². The van der Waals surface area contributed by atoms with E-state index in [4.69, 9.17) is 12.2 Å². The van der Waals surface area contributed by atoms with Crippen LogP contribution in [0.5, 0.6) is 0 Å². The van der Waals surface area contributed by atoms with Crippen molar-refractivity contribution in [1.82, 2.24) is 9.80 Å². The molecule has 1 aliphatic rings. The lowest BCUT2D eigenvalue weighted by molar-refractivity contribution is -0.127. The first-order chi connectivity index (χ1) is 10.5. The van der Waals surface area contributed by atoms with Gasteiger partial charge in [-0.1, -0.05) is 18.2 Å². The molecule has 1 fully saturated rings. The van der Waals surface area contributed by atoms with E-state index in [-0.39, 0.29) is 22.5 Å². The molecule has 1 saturated heterocycles. The zero-order valence-electron chi connectivity index (χ0n) is 12.9. The number of thiocarbonyl (C=S) groups is 1. The molecule has 1 aromatic rings. The van der Waals surface area contributed by atoms with E-state index in [0.717, 1.165) is 13.1 Å². The Bertz CT molecular complexity index is 624. The first kappa shape index (κ1) is 16.2. The average Bonchev–Trinajstić information content (AvgIpc) is 2.54. The third-order valence-electron chi connectivity index (χ3n) is 3.59. The maximum absolute atomic E-state index is 12.8. The van der Waals surface area contributed by atoms with Crippen LogP contribution in [-0.4, -0.2) is 46.9 Å². The maximum Gasteiger partial charge on any atom is 0.271 e. The summed E-state index contributed by atoms with van der Waals surface area (Å²) in [4.78, 5) is 29.8. The normalized spacial score (nSPS) is 17.4. The summed E-state index contributed by atoms with van der Waals surface area (Å²) in [6, 6.07) is 9.11. The van der Waals surface area contributed by atoms with Crippen molar-refractivity contribution in [1.29, 1.82) is 0 Å². The number of hydrogen-bond acceptors (Lipinski definition) is 4. The van der Waals surface area contributed by atoms with Gasteiger partial charge in [0.25, 0.3) is 11.8 Å². The molecule has 2 amide bonds. The lowest BCUT2D eigenvalue weighted by Crippen LogP contribution is -2.55. The molecular weight excluding hydrogens is 298 g/mol. The van der Waals surface area contributed by atoms with Gasteiger partial charge in [-0.3, -0.25) is 19.4 Å². The van der Waals surface area contributed by atoms with Gasteiger partial charge in [-0.25, -0.2) is 0 Å². The van der Waals surface area contributed by atoms with Gasteiger partial charge in [-0.2, -0.15) is 0 Å². The number of hydrogen-bond donors (Lipinski definition) is 0. The van der Waals surface area contributed by atoms with E-state index in [1.54, 1.807) is 25.4 Å². The van der Waals surface area contributed by atoms with Crippen LogP contribution < -0.4 is 4.90 Å². The number of rotatable bonds is 4. The van der Waals surface area contributed by atoms with Crippen molar-refractivity contribution in [2.75, 3.05) is 25.0 Å². The molecule has 0 spiro atoms. The Kier molecular flexibility index (Phi) is 4.92. The molecule has 1 heterocycles. The lowest BCUT2D eigenvalue weighted by atomic mass is 10.1. The quantitative estimate of drug-likeness (QED) is 0.484. The molecule has 0 radical (unpaired) electrons. The average molecular weight is 317 g/mol. The smallest absolute Gasteiger partial charge is 0.271 e. The highest BCUT2D eigenvalue weighted by molar-refractivity contribution is 7.80. The van der Waals surface area contributed by atoms with Gasteiger partial charge in [-0.15, -0.1) is 0 Å². The zero-order valence-corrected chi connectivity index (χ0v) is 13.8. The van der Waals surface area contributed by atoms with Crippen LogP contribution in [0.2, 0.25) is 0 Å². The van der Waals surface area contributed by atoms with E-state index < -0.39 is 0 Å². The first-order valence-electron chi connectivity index (χ1n) is 7.18. The number of carbonyl (C=O) groups excluding carboxylic acids is 2. The molecule has 0 atom stereocenters. The highest BCUT2D eigenvalue weighted by Crippen LogP contribution is 2.24. The van der Waals surface area contributed by atoms with Crippen LogP contribution in [0.3, 0.4) is 0 Å². The predicted molar refractivity (Wildman–Crippen MR) is 90.3 cm³/mol. The van der Waals surface area contributed by atoms with Crippen LogP contribution >= 0.6 is 12.2 Å². The maximum atomic E-state index is 12.8. The van der Waals surface area contributed by atoms with E-state index in [1.807, 2.05) is 36.9 Å². The molecule has 1 aliphatic heterocycles. The summed E-state index contributed by atoms with van der Waals surface area (Å²) in [6.45, 7) is 5.39. The number of anilines is 1. The summed E-state index contributed by atoms with van der Waals surface area (Å²) >= 11 is 5.28. The van der Waals surface area contributed by atoms with Crippen LogP contribution in [0.15, 0.2) is 42.1 Å². The van der Waals surface area contributed by atoms with Gasteiger partial charge in [0.1, 0.15) is 5.57 Å². The zero-order chi connectivity index (χ0) is 16.3. The molecule has 0 N–H and O–H groups in total. The number of benzene rings is 1. The SMILES string of the molecule is CCN(/C=C1\C(=O)N(C)C(=S)N(c2ccccc2)C1=O)CC. The fourth-order valence-corrected chi connectivity index (χ4v) is 2.49. The van der Waals surface area contributed by atoms with Gasteiger partial charge >= 0.3 is 0 Å². The summed E-state index contributed by atoms with van der Waals surface area (Å²) in [5.41, 5.74) is 0.783. The summed E-state index contributed by atoms with van der Waals surface area (Å²) in [5.74, 6) is -0.750. The highest BCUT2D eigenvalue weighted by atomic mass is 32.1. The minimum atomic E-state index is -0.383. The molecule has 0 aromatic heterocycles. The van der Waals surface area contributed by atoms with Crippen molar-refractivity contribution in [3.63, 3.8) is 0 Å². The highest BCUT2D eigenvalue weighted by Gasteiger charge is 2.38. The second-order valence-electron chi connectivity index (χ2n) is 4.89. The Morgan fingerprint density at radius 2 is 1.68 bits per heavy atom. The summed E-state index contributed by atoms with van der Waals surface area (Å²) in [7, 11) is 1.59. The second kappa shape index (κ2) is 6.70. The molecule has 0 unspecified atom stereocenters. The van der Waals surface area contributed by atoms with Gasteiger partial charge < -0.3 is 4.90 Å². The van der Waals surface area contributed by atoms with E-state index >= 15 is 0 Å². The van der Waals surface area contributed by atoms with Crippen LogP contribution in [-0.2, 0) is 9.59 Å². The monoisotopic (exact) mass is 317 g/mol. The first-order valence-corrected chi connectivity index (χ1v) is 7.59. The fourth-order valence-electron chi connectivity index (χ4n) is 2.22. The predicted octanol–water partition coefficient (Wildman–Crippen LogP) is 2.00. The number of carbonyl (C=O) groups is 2. The molecule has 116 valence electrons. The second-order valence-corrected chi connectivity index (χ2v) is 5.25. The number of amides is 2.